The Morgan fingerprint density at radius 1 is 1.28 bits per heavy atom. The lowest BCUT2D eigenvalue weighted by molar-refractivity contribution is 0.339. The smallest absolute Gasteiger partial charge is 0.246 e. The Morgan fingerprint density at radius 3 is 2.64 bits per heavy atom. The van der Waals surface area contributed by atoms with Gasteiger partial charge in [0.15, 0.2) is 0 Å². The molecule has 3 aromatic heterocycles. The van der Waals surface area contributed by atoms with E-state index in [0.29, 0.717) is 16.7 Å². The summed E-state index contributed by atoms with van der Waals surface area (Å²) >= 11 is 12.4. The zero-order valence-corrected chi connectivity index (χ0v) is 15.2. The quantitative estimate of drug-likeness (QED) is 0.669. The van der Waals surface area contributed by atoms with Crippen molar-refractivity contribution in [1.29, 1.82) is 0 Å². The van der Waals surface area contributed by atoms with Gasteiger partial charge in [0.05, 0.1) is 31.8 Å². The summed E-state index contributed by atoms with van der Waals surface area (Å²) in [5, 5.41) is 0.964. The summed E-state index contributed by atoms with van der Waals surface area (Å²) in [7, 11) is 2.79. The number of methoxy groups -OCH3 is 2. The summed E-state index contributed by atoms with van der Waals surface area (Å²) in [4.78, 5) is 23.5. The fourth-order valence-electron chi connectivity index (χ4n) is 2.66. The second-order valence-electron chi connectivity index (χ2n) is 5.32. The molecule has 3 aromatic rings. The Bertz CT molecular complexity index is 1030. The van der Waals surface area contributed by atoms with Gasteiger partial charge in [-0.2, -0.15) is 4.98 Å². The number of fused-ring (bicyclic) bond motifs is 1. The first-order valence-electron chi connectivity index (χ1n) is 7.18. The van der Waals surface area contributed by atoms with E-state index in [1.165, 1.54) is 14.2 Å². The zero-order valence-electron chi connectivity index (χ0n) is 13.7. The van der Waals surface area contributed by atoms with Gasteiger partial charge >= 0.3 is 0 Å². The number of rotatable bonds is 4. The number of nitrogens with two attached hydrogens (primary N) is 1. The number of aromatic nitrogens is 4. The molecule has 0 aliphatic rings. The number of hydrogen-bond donors (Lipinski definition) is 2. The van der Waals surface area contributed by atoms with E-state index < -0.39 is 5.43 Å². The molecule has 25 heavy (non-hydrogen) atoms. The van der Waals surface area contributed by atoms with E-state index in [0.717, 1.165) is 5.56 Å². The maximum absolute atomic E-state index is 12.3. The van der Waals surface area contributed by atoms with Crippen molar-refractivity contribution >= 4 is 40.2 Å². The SMILES string of the molecule is COc1[nH]c(Cn2cc(C)c3c(Cl)nc(N)nc32)c(Cl)c(=O)c1OC. The fraction of sp³-hybridized carbons (Fsp3) is 0.267. The summed E-state index contributed by atoms with van der Waals surface area (Å²) in [5.74, 6) is 0.260. The molecule has 10 heteroatoms. The number of halogens is 2. The molecule has 3 rings (SSSR count). The highest BCUT2D eigenvalue weighted by molar-refractivity contribution is 6.34. The van der Waals surface area contributed by atoms with Gasteiger partial charge in [-0.3, -0.25) is 4.79 Å². The minimum atomic E-state index is -0.463. The average molecular weight is 384 g/mol. The molecule has 8 nitrogen and oxygen atoms in total. The lowest BCUT2D eigenvalue weighted by Gasteiger charge is -2.12. The summed E-state index contributed by atoms with van der Waals surface area (Å²) in [5.41, 5.74) is 7.09. The van der Waals surface area contributed by atoms with Gasteiger partial charge < -0.3 is 24.8 Å². The van der Waals surface area contributed by atoms with Crippen molar-refractivity contribution in [3.8, 4) is 11.6 Å². The molecule has 0 aromatic carbocycles. The van der Waals surface area contributed by atoms with Crippen LogP contribution in [0.25, 0.3) is 11.0 Å². The molecule has 132 valence electrons. The van der Waals surface area contributed by atoms with Gasteiger partial charge in [0, 0.05) is 6.20 Å². The first kappa shape index (κ1) is 17.4. The van der Waals surface area contributed by atoms with E-state index in [2.05, 4.69) is 15.0 Å². The van der Waals surface area contributed by atoms with Gasteiger partial charge in [-0.25, -0.2) is 4.98 Å². The fourth-order valence-corrected chi connectivity index (χ4v) is 3.17. The molecule has 3 N–H and O–H groups in total. The maximum atomic E-state index is 12.3. The highest BCUT2D eigenvalue weighted by atomic mass is 35.5. The van der Waals surface area contributed by atoms with Gasteiger partial charge in [-0.15, -0.1) is 0 Å². The third-order valence-electron chi connectivity index (χ3n) is 3.76. The number of nitrogen functional groups attached to an aromatic ring is 1. The number of nitrogens with zero attached hydrogens (tertiary/aromatic N) is 3. The van der Waals surface area contributed by atoms with E-state index in [9.17, 15) is 4.79 Å². The van der Waals surface area contributed by atoms with Gasteiger partial charge in [-0.1, -0.05) is 23.2 Å². The summed E-state index contributed by atoms with van der Waals surface area (Å²) in [6.07, 6.45) is 1.83. The van der Waals surface area contributed by atoms with Gasteiger partial charge in [0.1, 0.15) is 15.8 Å². The Labute approximate surface area is 152 Å². The number of nitrogens with one attached hydrogen (secondary N) is 1. The van der Waals surface area contributed by atoms with Crippen molar-refractivity contribution < 1.29 is 9.47 Å². The minimum Gasteiger partial charge on any atom is -0.488 e. The third kappa shape index (κ3) is 2.87. The molecule has 0 bridgehead atoms. The highest BCUT2D eigenvalue weighted by Crippen LogP contribution is 2.29. The molecule has 0 saturated carbocycles. The molecule has 0 spiro atoms. The van der Waals surface area contributed by atoms with Crippen LogP contribution in [0.4, 0.5) is 5.95 Å². The van der Waals surface area contributed by atoms with E-state index in [1.54, 1.807) is 4.57 Å². The maximum Gasteiger partial charge on any atom is 0.246 e. The second-order valence-corrected chi connectivity index (χ2v) is 6.06. The van der Waals surface area contributed by atoms with Gasteiger partial charge in [0.2, 0.25) is 23.0 Å². The molecule has 0 saturated heterocycles. The molecule has 0 aliphatic carbocycles. The number of aryl methyl sites for hydroxylation is 1. The Morgan fingerprint density at radius 2 is 2.00 bits per heavy atom. The average Bonchev–Trinajstić information content (AvgIpc) is 2.87. The van der Waals surface area contributed by atoms with Crippen LogP contribution in [0, 0.1) is 6.92 Å². The number of ether oxygens (including phenoxy) is 2. The first-order valence-corrected chi connectivity index (χ1v) is 7.94. The Hall–Kier alpha value is -2.45. The highest BCUT2D eigenvalue weighted by Gasteiger charge is 2.19. The monoisotopic (exact) mass is 383 g/mol. The molecule has 0 fully saturated rings. The largest absolute Gasteiger partial charge is 0.488 e. The third-order valence-corrected chi connectivity index (χ3v) is 4.43. The number of hydrogen-bond acceptors (Lipinski definition) is 6. The molecule has 0 unspecified atom stereocenters. The molecule has 0 radical (unpaired) electrons. The van der Waals surface area contributed by atoms with Crippen molar-refractivity contribution in [3.05, 3.63) is 37.9 Å². The molecule has 0 aliphatic heterocycles. The number of anilines is 1. The predicted octanol–water partition coefficient (Wildman–Crippen LogP) is 2.38. The molecule has 0 amide bonds. The van der Waals surface area contributed by atoms with Crippen LogP contribution in [0.5, 0.6) is 11.6 Å². The standard InChI is InChI=1S/C15H15Cl2N5O3/c1-6-4-22(13-8(6)12(17)20-15(18)21-13)5-7-9(16)10(23)11(24-2)14(19-7)25-3/h4H,5H2,1-3H3,(H,19,23)(H2,18,20,21). The van der Waals surface area contributed by atoms with Crippen molar-refractivity contribution in [3.63, 3.8) is 0 Å². The van der Waals surface area contributed by atoms with E-state index in [1.807, 2.05) is 13.1 Å². The van der Waals surface area contributed by atoms with E-state index in [4.69, 9.17) is 38.4 Å². The Balaban J connectivity index is 2.17. The van der Waals surface area contributed by atoms with Crippen LogP contribution in [0.1, 0.15) is 11.3 Å². The van der Waals surface area contributed by atoms with Crippen molar-refractivity contribution in [1.82, 2.24) is 19.5 Å². The van der Waals surface area contributed by atoms with Crippen LogP contribution in [0.15, 0.2) is 11.0 Å². The van der Waals surface area contributed by atoms with Gasteiger partial charge in [-0.05, 0) is 12.5 Å². The van der Waals surface area contributed by atoms with Crippen LogP contribution in [0.3, 0.4) is 0 Å². The normalized spacial score (nSPS) is 11.1. The lowest BCUT2D eigenvalue weighted by Crippen LogP contribution is -2.14. The molecular formula is C15H15Cl2N5O3. The number of H-pyrrole nitrogens is 1. The van der Waals surface area contributed by atoms with Crippen molar-refractivity contribution in [2.75, 3.05) is 20.0 Å². The topological polar surface area (TPSA) is 108 Å². The van der Waals surface area contributed by atoms with Crippen LogP contribution in [-0.2, 0) is 6.54 Å². The Kier molecular flexibility index (Phi) is 4.49. The summed E-state index contributed by atoms with van der Waals surface area (Å²) in [6, 6.07) is 0. The van der Waals surface area contributed by atoms with Crippen LogP contribution in [0.2, 0.25) is 10.2 Å². The number of pyridine rings is 1. The minimum absolute atomic E-state index is 0.00489. The summed E-state index contributed by atoms with van der Waals surface area (Å²) < 4.78 is 12.0. The molecular weight excluding hydrogens is 369 g/mol. The second kappa shape index (κ2) is 6.45. The zero-order chi connectivity index (χ0) is 18.3. The van der Waals surface area contributed by atoms with Crippen LogP contribution >= 0.6 is 23.2 Å². The summed E-state index contributed by atoms with van der Waals surface area (Å²) in [6.45, 7) is 2.11. The first-order chi connectivity index (χ1) is 11.9. The van der Waals surface area contributed by atoms with Crippen LogP contribution in [-0.4, -0.2) is 33.7 Å². The van der Waals surface area contributed by atoms with E-state index >= 15 is 0 Å². The predicted molar refractivity (Wildman–Crippen MR) is 96.0 cm³/mol. The van der Waals surface area contributed by atoms with E-state index in [-0.39, 0.29) is 34.3 Å². The molecule has 0 atom stereocenters. The number of aromatic amines is 1. The van der Waals surface area contributed by atoms with Gasteiger partial charge in [0.25, 0.3) is 0 Å². The molecule has 3 heterocycles. The van der Waals surface area contributed by atoms with Crippen molar-refractivity contribution in [2.24, 2.45) is 0 Å². The van der Waals surface area contributed by atoms with Crippen molar-refractivity contribution in [2.45, 2.75) is 13.5 Å². The lowest BCUT2D eigenvalue weighted by atomic mass is 10.3. The van der Waals surface area contributed by atoms with Crippen LogP contribution < -0.4 is 20.6 Å².